The molecule has 15 heavy (non-hydrogen) atoms. The lowest BCUT2D eigenvalue weighted by atomic mass is 10.1. The van der Waals surface area contributed by atoms with Gasteiger partial charge in [-0.2, -0.15) is 15.4 Å². The number of hydrogen-bond acceptors (Lipinski definition) is 3. The normalized spacial score (nSPS) is 11.0. The lowest BCUT2D eigenvalue weighted by Crippen LogP contribution is -1.84. The van der Waals surface area contributed by atoms with Crippen molar-refractivity contribution >= 4 is 22.6 Å². The van der Waals surface area contributed by atoms with E-state index in [-0.39, 0.29) is 0 Å². The quantitative estimate of drug-likeness (QED) is 0.658. The van der Waals surface area contributed by atoms with Crippen LogP contribution in [-0.4, -0.2) is 25.4 Å². The van der Waals surface area contributed by atoms with E-state index in [2.05, 4.69) is 25.4 Å². The summed E-state index contributed by atoms with van der Waals surface area (Å²) in [5.41, 5.74) is 2.35. The highest BCUT2D eigenvalue weighted by Crippen LogP contribution is 2.31. The molecule has 0 spiro atoms. The van der Waals surface area contributed by atoms with Gasteiger partial charge in [-0.3, -0.25) is 0 Å². The summed E-state index contributed by atoms with van der Waals surface area (Å²) in [6, 6.07) is 1.91. The second-order valence-electron chi connectivity index (χ2n) is 3.08. The fraction of sp³-hybridized carbons (Fsp3) is 0. The third kappa shape index (κ3) is 1.20. The summed E-state index contributed by atoms with van der Waals surface area (Å²) in [4.78, 5) is 7.19. The lowest BCUT2D eigenvalue weighted by Gasteiger charge is -2.00. The third-order valence-electron chi connectivity index (χ3n) is 2.21. The number of hydrogen-bond donors (Lipinski definition) is 2. The molecule has 0 unspecified atom stereocenters. The standard InChI is InChI=1S/C9H6ClN5/c10-6-3-12-9-5(1-2-11-9)8(6)7-4-13-15-14-7/h1-4H,(H,11,12)(H,13,14,15). The van der Waals surface area contributed by atoms with Gasteiger partial charge in [0, 0.05) is 23.3 Å². The number of aromatic nitrogens is 5. The van der Waals surface area contributed by atoms with Gasteiger partial charge in [0.05, 0.1) is 11.2 Å². The molecule has 3 aromatic heterocycles. The Balaban J connectivity index is 2.41. The molecule has 0 radical (unpaired) electrons. The first-order valence-electron chi connectivity index (χ1n) is 4.34. The average Bonchev–Trinajstić information content (AvgIpc) is 2.85. The van der Waals surface area contributed by atoms with Crippen molar-refractivity contribution in [2.24, 2.45) is 0 Å². The fourth-order valence-corrected chi connectivity index (χ4v) is 1.81. The van der Waals surface area contributed by atoms with E-state index in [1.807, 2.05) is 12.3 Å². The monoisotopic (exact) mass is 219 g/mol. The molecule has 0 atom stereocenters. The third-order valence-corrected chi connectivity index (χ3v) is 2.50. The number of rotatable bonds is 1. The van der Waals surface area contributed by atoms with E-state index in [0.29, 0.717) is 10.7 Å². The Labute approximate surface area is 89.5 Å². The van der Waals surface area contributed by atoms with Crippen molar-refractivity contribution in [3.05, 3.63) is 29.7 Å². The van der Waals surface area contributed by atoms with Gasteiger partial charge in [0.15, 0.2) is 0 Å². The van der Waals surface area contributed by atoms with E-state index in [4.69, 9.17) is 11.6 Å². The summed E-state index contributed by atoms with van der Waals surface area (Å²) >= 11 is 6.09. The van der Waals surface area contributed by atoms with E-state index >= 15 is 0 Å². The summed E-state index contributed by atoms with van der Waals surface area (Å²) in [6.07, 6.45) is 5.05. The molecule has 6 heteroatoms. The SMILES string of the molecule is Clc1cnc2[nH]ccc2c1-c1cn[nH]n1. The summed E-state index contributed by atoms with van der Waals surface area (Å²) in [5, 5.41) is 11.9. The Kier molecular flexibility index (Phi) is 1.72. The van der Waals surface area contributed by atoms with Gasteiger partial charge in [-0.05, 0) is 6.07 Å². The number of nitrogens with one attached hydrogen (secondary N) is 2. The molecule has 0 aliphatic carbocycles. The van der Waals surface area contributed by atoms with Gasteiger partial charge in [0.25, 0.3) is 0 Å². The van der Waals surface area contributed by atoms with Crippen molar-refractivity contribution in [1.29, 1.82) is 0 Å². The Hall–Kier alpha value is -1.88. The van der Waals surface area contributed by atoms with Crippen LogP contribution in [0.15, 0.2) is 24.7 Å². The summed E-state index contributed by atoms with van der Waals surface area (Å²) in [5.74, 6) is 0. The Bertz CT molecular complexity index is 598. The van der Waals surface area contributed by atoms with Crippen LogP contribution in [0.3, 0.4) is 0 Å². The van der Waals surface area contributed by atoms with Crippen LogP contribution in [0.4, 0.5) is 0 Å². The molecule has 0 aliphatic rings. The van der Waals surface area contributed by atoms with Crippen LogP contribution in [0, 0.1) is 0 Å². The highest BCUT2D eigenvalue weighted by atomic mass is 35.5. The number of aromatic amines is 2. The van der Waals surface area contributed by atoms with Crippen LogP contribution >= 0.6 is 11.6 Å². The van der Waals surface area contributed by atoms with Crippen molar-refractivity contribution < 1.29 is 0 Å². The van der Waals surface area contributed by atoms with Crippen LogP contribution in [0.5, 0.6) is 0 Å². The number of pyridine rings is 1. The predicted molar refractivity (Wildman–Crippen MR) is 56.5 cm³/mol. The van der Waals surface area contributed by atoms with Crippen molar-refractivity contribution in [1.82, 2.24) is 25.4 Å². The number of H-pyrrole nitrogens is 2. The molecule has 0 aliphatic heterocycles. The molecule has 3 rings (SSSR count). The first-order valence-corrected chi connectivity index (χ1v) is 4.72. The fourth-order valence-electron chi connectivity index (χ4n) is 1.57. The maximum atomic E-state index is 6.09. The Morgan fingerprint density at radius 2 is 2.20 bits per heavy atom. The Morgan fingerprint density at radius 3 is 3.00 bits per heavy atom. The topological polar surface area (TPSA) is 70.2 Å². The molecule has 74 valence electrons. The minimum Gasteiger partial charge on any atom is -0.346 e. The molecule has 5 nitrogen and oxygen atoms in total. The lowest BCUT2D eigenvalue weighted by molar-refractivity contribution is 0.942. The summed E-state index contributed by atoms with van der Waals surface area (Å²) in [7, 11) is 0. The van der Waals surface area contributed by atoms with Gasteiger partial charge < -0.3 is 4.98 Å². The van der Waals surface area contributed by atoms with Crippen LogP contribution < -0.4 is 0 Å². The van der Waals surface area contributed by atoms with Crippen LogP contribution in [-0.2, 0) is 0 Å². The first-order chi connectivity index (χ1) is 7.36. The summed E-state index contributed by atoms with van der Waals surface area (Å²) < 4.78 is 0. The maximum Gasteiger partial charge on any atom is 0.138 e. The molecular formula is C9H6ClN5. The van der Waals surface area contributed by atoms with Crippen molar-refractivity contribution in [2.45, 2.75) is 0 Å². The smallest absolute Gasteiger partial charge is 0.138 e. The molecule has 0 bridgehead atoms. The largest absolute Gasteiger partial charge is 0.346 e. The van der Waals surface area contributed by atoms with Crippen molar-refractivity contribution in [2.75, 3.05) is 0 Å². The molecule has 0 aromatic carbocycles. The molecule has 0 amide bonds. The zero-order valence-electron chi connectivity index (χ0n) is 7.53. The van der Waals surface area contributed by atoms with Gasteiger partial charge in [-0.1, -0.05) is 11.6 Å². The zero-order valence-corrected chi connectivity index (χ0v) is 8.28. The molecule has 0 saturated heterocycles. The van der Waals surface area contributed by atoms with Gasteiger partial charge >= 0.3 is 0 Å². The van der Waals surface area contributed by atoms with E-state index in [9.17, 15) is 0 Å². The van der Waals surface area contributed by atoms with E-state index in [1.165, 1.54) is 0 Å². The number of halogens is 1. The van der Waals surface area contributed by atoms with E-state index < -0.39 is 0 Å². The maximum absolute atomic E-state index is 6.09. The molecule has 3 heterocycles. The highest BCUT2D eigenvalue weighted by Gasteiger charge is 2.12. The molecule has 0 saturated carbocycles. The van der Waals surface area contributed by atoms with Crippen LogP contribution in [0.2, 0.25) is 5.02 Å². The second kappa shape index (κ2) is 3.06. The zero-order chi connectivity index (χ0) is 10.3. The molecule has 2 N–H and O–H groups in total. The van der Waals surface area contributed by atoms with Gasteiger partial charge in [-0.25, -0.2) is 4.98 Å². The Morgan fingerprint density at radius 1 is 1.27 bits per heavy atom. The summed E-state index contributed by atoms with van der Waals surface area (Å²) in [6.45, 7) is 0. The molecular weight excluding hydrogens is 214 g/mol. The van der Waals surface area contributed by atoms with Gasteiger partial charge in [0.1, 0.15) is 11.3 Å². The first kappa shape index (κ1) is 8.43. The number of nitrogens with zero attached hydrogens (tertiary/aromatic N) is 3. The number of fused-ring (bicyclic) bond motifs is 1. The molecule has 3 aromatic rings. The predicted octanol–water partition coefficient (Wildman–Crippen LogP) is 2.00. The minimum atomic E-state index is 0.566. The van der Waals surface area contributed by atoms with E-state index in [1.54, 1.807) is 12.4 Å². The molecule has 0 fully saturated rings. The van der Waals surface area contributed by atoms with Gasteiger partial charge in [0.2, 0.25) is 0 Å². The minimum absolute atomic E-state index is 0.566. The van der Waals surface area contributed by atoms with Crippen LogP contribution in [0.1, 0.15) is 0 Å². The van der Waals surface area contributed by atoms with E-state index in [0.717, 1.165) is 16.6 Å². The van der Waals surface area contributed by atoms with Crippen molar-refractivity contribution in [3.63, 3.8) is 0 Å². The second-order valence-corrected chi connectivity index (χ2v) is 3.48. The average molecular weight is 220 g/mol. The van der Waals surface area contributed by atoms with Gasteiger partial charge in [-0.15, -0.1) is 0 Å². The highest BCUT2D eigenvalue weighted by molar-refractivity contribution is 6.34. The van der Waals surface area contributed by atoms with Crippen LogP contribution in [0.25, 0.3) is 22.3 Å². The van der Waals surface area contributed by atoms with Crippen molar-refractivity contribution in [3.8, 4) is 11.3 Å².